The van der Waals surface area contributed by atoms with Crippen molar-refractivity contribution in [1.82, 2.24) is 14.9 Å². The van der Waals surface area contributed by atoms with Gasteiger partial charge in [0, 0.05) is 37.1 Å². The summed E-state index contributed by atoms with van der Waals surface area (Å²) in [6.45, 7) is 4.21. The average Bonchev–Trinajstić information content (AvgIpc) is 2.72. The molecular weight excluding hydrogens is 330 g/mol. The van der Waals surface area contributed by atoms with Crippen molar-refractivity contribution >= 4 is 0 Å². The summed E-state index contributed by atoms with van der Waals surface area (Å²) in [6.07, 6.45) is 8.63. The van der Waals surface area contributed by atoms with Crippen molar-refractivity contribution in [1.29, 1.82) is 0 Å². The molecule has 1 aliphatic heterocycles. The van der Waals surface area contributed by atoms with Crippen molar-refractivity contribution < 1.29 is 0 Å². The molecule has 0 N–H and O–H groups in total. The van der Waals surface area contributed by atoms with Crippen LogP contribution in [0.1, 0.15) is 53.4 Å². The van der Waals surface area contributed by atoms with Crippen molar-refractivity contribution in [2.45, 2.75) is 45.2 Å². The number of piperidine rings is 1. The Morgan fingerprint density at radius 3 is 2.59 bits per heavy atom. The van der Waals surface area contributed by atoms with Gasteiger partial charge in [-0.2, -0.15) is 0 Å². The maximum Gasteiger partial charge on any atom is 0.0544 e. The number of hydrogen-bond donors (Lipinski definition) is 0. The summed E-state index contributed by atoms with van der Waals surface area (Å²) in [5.74, 6) is 0. The van der Waals surface area contributed by atoms with Crippen LogP contribution < -0.4 is 0 Å². The number of likely N-dealkylation sites (tertiary alicyclic amines) is 1. The van der Waals surface area contributed by atoms with Crippen LogP contribution in [0.4, 0.5) is 0 Å². The van der Waals surface area contributed by atoms with Gasteiger partial charge in [0.2, 0.25) is 0 Å². The molecular formula is C24H27N3. The van der Waals surface area contributed by atoms with E-state index in [1.165, 1.54) is 36.0 Å². The van der Waals surface area contributed by atoms with Crippen molar-refractivity contribution in [3.05, 3.63) is 95.1 Å². The lowest BCUT2D eigenvalue weighted by molar-refractivity contribution is 0.138. The van der Waals surface area contributed by atoms with Crippen LogP contribution in [0.5, 0.6) is 0 Å². The predicted molar refractivity (Wildman–Crippen MR) is 109 cm³/mol. The van der Waals surface area contributed by atoms with Crippen molar-refractivity contribution in [3.63, 3.8) is 0 Å². The first-order valence-electron chi connectivity index (χ1n) is 9.93. The van der Waals surface area contributed by atoms with Gasteiger partial charge in [-0.15, -0.1) is 0 Å². The van der Waals surface area contributed by atoms with E-state index in [4.69, 9.17) is 4.98 Å². The molecule has 0 bridgehead atoms. The maximum absolute atomic E-state index is 4.79. The molecule has 1 atom stereocenters. The van der Waals surface area contributed by atoms with Crippen LogP contribution in [-0.4, -0.2) is 21.4 Å². The molecule has 1 unspecified atom stereocenters. The summed E-state index contributed by atoms with van der Waals surface area (Å²) in [7, 11) is 0. The maximum atomic E-state index is 4.79. The second kappa shape index (κ2) is 8.45. The van der Waals surface area contributed by atoms with E-state index in [2.05, 4.69) is 71.5 Å². The van der Waals surface area contributed by atoms with Crippen molar-refractivity contribution in [2.24, 2.45) is 0 Å². The molecule has 4 rings (SSSR count). The molecule has 1 aliphatic rings. The van der Waals surface area contributed by atoms with Crippen LogP contribution in [0.25, 0.3) is 0 Å². The van der Waals surface area contributed by atoms with Crippen molar-refractivity contribution in [3.8, 4) is 0 Å². The Hall–Kier alpha value is -2.52. The summed E-state index contributed by atoms with van der Waals surface area (Å²) < 4.78 is 0. The number of benzene rings is 1. The Labute approximate surface area is 162 Å². The molecule has 0 aliphatic carbocycles. The van der Waals surface area contributed by atoms with Gasteiger partial charge in [-0.25, -0.2) is 0 Å². The highest BCUT2D eigenvalue weighted by molar-refractivity contribution is 5.30. The van der Waals surface area contributed by atoms with Gasteiger partial charge in [0.15, 0.2) is 0 Å². The lowest BCUT2D eigenvalue weighted by Gasteiger charge is -2.35. The molecule has 0 amide bonds. The van der Waals surface area contributed by atoms with E-state index in [1.54, 1.807) is 0 Å². The molecule has 27 heavy (non-hydrogen) atoms. The number of pyridine rings is 2. The Bertz CT molecular complexity index is 858. The fourth-order valence-electron chi connectivity index (χ4n) is 4.00. The van der Waals surface area contributed by atoms with Gasteiger partial charge < -0.3 is 0 Å². The number of rotatable bonds is 5. The van der Waals surface area contributed by atoms with Gasteiger partial charge in [0.05, 0.1) is 5.69 Å². The number of nitrogens with zero attached hydrogens (tertiary/aromatic N) is 3. The molecule has 3 heteroatoms. The molecule has 0 spiro atoms. The van der Waals surface area contributed by atoms with E-state index < -0.39 is 0 Å². The lowest BCUT2D eigenvalue weighted by Crippen LogP contribution is -2.33. The molecule has 2 aromatic heterocycles. The lowest BCUT2D eigenvalue weighted by atomic mass is 9.95. The fraction of sp³-hybridized carbons (Fsp3) is 0.333. The van der Waals surface area contributed by atoms with Gasteiger partial charge in [-0.3, -0.25) is 14.9 Å². The standard InChI is InChI=1S/C24H27N3/c1-19-8-2-3-9-20(19)16-22-13-12-21(17-26-22)24-11-5-7-15-27(24)18-23-10-4-6-14-25-23/h2-4,6,8-10,12-14,17,24H,5,7,11,15-16,18H2,1H3. The Kier molecular flexibility index (Phi) is 5.59. The predicted octanol–water partition coefficient (Wildman–Crippen LogP) is 5.10. The zero-order valence-corrected chi connectivity index (χ0v) is 16.0. The number of aryl methyl sites for hydroxylation is 1. The van der Waals surface area contributed by atoms with Gasteiger partial charge >= 0.3 is 0 Å². The zero-order chi connectivity index (χ0) is 18.5. The van der Waals surface area contributed by atoms with Gasteiger partial charge in [0.1, 0.15) is 0 Å². The summed E-state index contributed by atoms with van der Waals surface area (Å²) in [4.78, 5) is 11.9. The highest BCUT2D eigenvalue weighted by atomic mass is 15.2. The second-order valence-corrected chi connectivity index (χ2v) is 7.49. The first-order valence-corrected chi connectivity index (χ1v) is 9.93. The van der Waals surface area contributed by atoms with E-state index >= 15 is 0 Å². The van der Waals surface area contributed by atoms with Crippen LogP contribution in [0.2, 0.25) is 0 Å². The summed E-state index contributed by atoms with van der Waals surface area (Å²) in [5, 5.41) is 0. The molecule has 3 heterocycles. The number of aromatic nitrogens is 2. The zero-order valence-electron chi connectivity index (χ0n) is 16.0. The fourth-order valence-corrected chi connectivity index (χ4v) is 4.00. The first kappa shape index (κ1) is 17.9. The molecule has 0 saturated carbocycles. The van der Waals surface area contributed by atoms with E-state index in [-0.39, 0.29) is 0 Å². The smallest absolute Gasteiger partial charge is 0.0544 e. The van der Waals surface area contributed by atoms with Gasteiger partial charge in [-0.1, -0.05) is 42.8 Å². The Morgan fingerprint density at radius 1 is 0.926 bits per heavy atom. The molecule has 3 nitrogen and oxygen atoms in total. The summed E-state index contributed by atoms with van der Waals surface area (Å²) in [5.41, 5.74) is 6.30. The quantitative estimate of drug-likeness (QED) is 0.636. The first-order chi connectivity index (χ1) is 13.3. The topological polar surface area (TPSA) is 29.0 Å². The third-order valence-electron chi connectivity index (χ3n) is 5.57. The molecule has 138 valence electrons. The van der Waals surface area contributed by atoms with Gasteiger partial charge in [0.25, 0.3) is 0 Å². The Balaban J connectivity index is 1.48. The minimum atomic E-state index is 0.445. The highest BCUT2D eigenvalue weighted by Gasteiger charge is 2.24. The molecule has 0 radical (unpaired) electrons. The number of hydrogen-bond acceptors (Lipinski definition) is 3. The minimum absolute atomic E-state index is 0.445. The summed E-state index contributed by atoms with van der Waals surface area (Å²) in [6, 6.07) is 19.7. The van der Waals surface area contributed by atoms with Crippen LogP contribution in [-0.2, 0) is 13.0 Å². The van der Waals surface area contributed by atoms with Crippen LogP contribution >= 0.6 is 0 Å². The third-order valence-corrected chi connectivity index (χ3v) is 5.57. The van der Waals surface area contributed by atoms with Gasteiger partial charge in [-0.05, 0) is 61.2 Å². The van der Waals surface area contributed by atoms with E-state index in [9.17, 15) is 0 Å². The van der Waals surface area contributed by atoms with E-state index in [0.29, 0.717) is 6.04 Å². The average molecular weight is 358 g/mol. The molecule has 1 fully saturated rings. The monoisotopic (exact) mass is 357 g/mol. The van der Waals surface area contributed by atoms with Crippen LogP contribution in [0, 0.1) is 6.92 Å². The molecule has 1 saturated heterocycles. The normalized spacial score (nSPS) is 17.7. The van der Waals surface area contributed by atoms with Crippen LogP contribution in [0.3, 0.4) is 0 Å². The SMILES string of the molecule is Cc1ccccc1Cc1ccc(C2CCCCN2Cc2ccccn2)cn1. The highest BCUT2D eigenvalue weighted by Crippen LogP contribution is 2.31. The van der Waals surface area contributed by atoms with Crippen LogP contribution in [0.15, 0.2) is 67.0 Å². The largest absolute Gasteiger partial charge is 0.290 e. The third kappa shape index (κ3) is 4.42. The Morgan fingerprint density at radius 2 is 1.81 bits per heavy atom. The van der Waals surface area contributed by atoms with E-state index in [1.807, 2.05) is 12.3 Å². The summed E-state index contributed by atoms with van der Waals surface area (Å²) >= 11 is 0. The second-order valence-electron chi connectivity index (χ2n) is 7.49. The molecule has 1 aromatic carbocycles. The minimum Gasteiger partial charge on any atom is -0.290 e. The van der Waals surface area contributed by atoms with Crippen molar-refractivity contribution in [2.75, 3.05) is 6.54 Å². The van der Waals surface area contributed by atoms with E-state index in [0.717, 1.165) is 30.9 Å². The molecule has 3 aromatic rings.